The Morgan fingerprint density at radius 1 is 0.396 bits per heavy atom. The van der Waals surface area contributed by atoms with Crippen LogP contribution in [0, 0.1) is 0 Å². The number of hydrogen-bond acceptors (Lipinski definition) is 3. The molecule has 0 radical (unpaired) electrons. The molecule has 0 aliphatic rings. The first-order valence-corrected chi connectivity index (χ1v) is 18.8. The number of anilines is 3. The smallest absolute Gasteiger partial charge is 0.143 e. The van der Waals surface area contributed by atoms with E-state index in [-0.39, 0.29) is 0 Å². The summed E-state index contributed by atoms with van der Waals surface area (Å²) in [5.74, 6) is 0. The van der Waals surface area contributed by atoms with Crippen molar-refractivity contribution in [2.45, 2.75) is 0 Å². The molecule has 9 aromatic carbocycles. The van der Waals surface area contributed by atoms with E-state index in [1.165, 1.54) is 41.7 Å². The molecule has 2 heterocycles. The molecule has 0 amide bonds. The molecular weight excluding hydrogens is 663 g/mol. The molecule has 248 valence electrons. The number of furan rings is 1. The largest absolute Gasteiger partial charge is 0.455 e. The van der Waals surface area contributed by atoms with Crippen LogP contribution in [0.25, 0.3) is 85.9 Å². The zero-order valence-corrected chi connectivity index (χ0v) is 29.5. The molecule has 0 N–H and O–H groups in total. The Labute approximate surface area is 310 Å². The third-order valence-electron chi connectivity index (χ3n) is 10.6. The normalized spacial score (nSPS) is 11.8. The van der Waals surface area contributed by atoms with Gasteiger partial charge in [-0.1, -0.05) is 146 Å². The third kappa shape index (κ3) is 4.71. The van der Waals surface area contributed by atoms with E-state index in [4.69, 9.17) is 4.42 Å². The van der Waals surface area contributed by atoms with Gasteiger partial charge in [0, 0.05) is 47.6 Å². The summed E-state index contributed by atoms with van der Waals surface area (Å²) in [4.78, 5) is 2.49. The van der Waals surface area contributed by atoms with Crippen LogP contribution in [-0.4, -0.2) is 0 Å². The molecule has 11 rings (SSSR count). The summed E-state index contributed by atoms with van der Waals surface area (Å²) in [5, 5.41) is 9.71. The Morgan fingerprint density at radius 3 is 1.96 bits per heavy atom. The molecule has 0 saturated heterocycles. The van der Waals surface area contributed by atoms with Crippen molar-refractivity contribution in [2.24, 2.45) is 0 Å². The highest BCUT2D eigenvalue weighted by Gasteiger charge is 2.23. The van der Waals surface area contributed by atoms with Crippen LogP contribution in [-0.2, 0) is 0 Å². The number of hydrogen-bond donors (Lipinski definition) is 0. The van der Waals surface area contributed by atoms with E-state index in [2.05, 4.69) is 187 Å². The van der Waals surface area contributed by atoms with Gasteiger partial charge >= 0.3 is 0 Å². The molecule has 0 atom stereocenters. The van der Waals surface area contributed by atoms with Gasteiger partial charge in [0.1, 0.15) is 11.2 Å². The molecule has 0 spiro atoms. The summed E-state index contributed by atoms with van der Waals surface area (Å²) >= 11 is 1.86. The second kappa shape index (κ2) is 11.9. The van der Waals surface area contributed by atoms with Crippen molar-refractivity contribution in [3.8, 4) is 22.3 Å². The zero-order chi connectivity index (χ0) is 34.9. The van der Waals surface area contributed by atoms with Gasteiger partial charge < -0.3 is 9.32 Å². The molecule has 0 bridgehead atoms. The van der Waals surface area contributed by atoms with Crippen LogP contribution in [0.2, 0.25) is 0 Å². The quantitative estimate of drug-likeness (QED) is 0.167. The van der Waals surface area contributed by atoms with Crippen LogP contribution in [0.4, 0.5) is 17.1 Å². The van der Waals surface area contributed by atoms with Gasteiger partial charge in [0.2, 0.25) is 0 Å². The molecule has 0 aliphatic heterocycles. The van der Waals surface area contributed by atoms with Crippen molar-refractivity contribution in [3.63, 3.8) is 0 Å². The Balaban J connectivity index is 1.24. The lowest BCUT2D eigenvalue weighted by molar-refractivity contribution is 0.670. The molecular formula is C50H31NOS. The highest BCUT2D eigenvalue weighted by atomic mass is 32.1. The highest BCUT2D eigenvalue weighted by Crippen LogP contribution is 2.49. The molecule has 53 heavy (non-hydrogen) atoms. The first kappa shape index (κ1) is 30.0. The lowest BCUT2D eigenvalue weighted by Gasteiger charge is -2.29. The highest BCUT2D eigenvalue weighted by molar-refractivity contribution is 7.26. The number of fused-ring (bicyclic) bond motifs is 9. The van der Waals surface area contributed by atoms with E-state index in [1.807, 2.05) is 17.4 Å². The summed E-state index contributed by atoms with van der Waals surface area (Å²) in [7, 11) is 0. The molecule has 11 aromatic rings. The topological polar surface area (TPSA) is 16.4 Å². The van der Waals surface area contributed by atoms with Crippen LogP contribution < -0.4 is 4.90 Å². The summed E-state index contributed by atoms with van der Waals surface area (Å²) in [6, 6.07) is 68.1. The predicted octanol–water partition coefficient (Wildman–Crippen LogP) is 15.1. The maximum Gasteiger partial charge on any atom is 0.143 e. The predicted molar refractivity (Wildman–Crippen MR) is 227 cm³/mol. The second-order valence-electron chi connectivity index (χ2n) is 13.6. The van der Waals surface area contributed by atoms with Gasteiger partial charge in [-0.3, -0.25) is 0 Å². The molecule has 0 fully saturated rings. The second-order valence-corrected chi connectivity index (χ2v) is 14.7. The van der Waals surface area contributed by atoms with Crippen LogP contribution in [0.5, 0.6) is 0 Å². The van der Waals surface area contributed by atoms with E-state index in [1.54, 1.807) is 0 Å². The fourth-order valence-corrected chi connectivity index (χ4v) is 9.42. The summed E-state index contributed by atoms with van der Waals surface area (Å²) in [5.41, 5.74) is 9.72. The van der Waals surface area contributed by atoms with Crippen LogP contribution >= 0.6 is 11.3 Å². The van der Waals surface area contributed by atoms with E-state index in [9.17, 15) is 0 Å². The minimum Gasteiger partial charge on any atom is -0.455 e. The number of thiophene rings is 1. The average molecular weight is 694 g/mol. The monoisotopic (exact) mass is 693 g/mol. The number of para-hydroxylation sites is 2. The van der Waals surface area contributed by atoms with Crippen LogP contribution in [0.15, 0.2) is 192 Å². The number of nitrogens with zero attached hydrogens (tertiary/aromatic N) is 1. The van der Waals surface area contributed by atoms with Gasteiger partial charge in [-0.2, -0.15) is 0 Å². The summed E-state index contributed by atoms with van der Waals surface area (Å²) in [6.45, 7) is 0. The van der Waals surface area contributed by atoms with E-state index in [0.717, 1.165) is 61.3 Å². The minimum atomic E-state index is 0.901. The van der Waals surface area contributed by atoms with Crippen molar-refractivity contribution in [2.75, 3.05) is 4.90 Å². The maximum atomic E-state index is 6.61. The molecule has 0 aliphatic carbocycles. The average Bonchev–Trinajstić information content (AvgIpc) is 3.80. The van der Waals surface area contributed by atoms with Gasteiger partial charge in [-0.25, -0.2) is 0 Å². The van der Waals surface area contributed by atoms with Gasteiger partial charge in [-0.15, -0.1) is 11.3 Å². The third-order valence-corrected chi connectivity index (χ3v) is 11.8. The van der Waals surface area contributed by atoms with Crippen molar-refractivity contribution < 1.29 is 4.42 Å². The van der Waals surface area contributed by atoms with Crippen LogP contribution in [0.1, 0.15) is 0 Å². The lowest BCUT2D eigenvalue weighted by Crippen LogP contribution is -2.11. The van der Waals surface area contributed by atoms with Crippen molar-refractivity contribution >= 4 is 92.1 Å². The Hall–Kier alpha value is -6.68. The van der Waals surface area contributed by atoms with Gasteiger partial charge in [0.25, 0.3) is 0 Å². The van der Waals surface area contributed by atoms with Crippen molar-refractivity contribution in [1.82, 2.24) is 0 Å². The van der Waals surface area contributed by atoms with Crippen molar-refractivity contribution in [1.29, 1.82) is 0 Å². The van der Waals surface area contributed by atoms with Gasteiger partial charge in [-0.05, 0) is 75.3 Å². The van der Waals surface area contributed by atoms with E-state index in [0.29, 0.717) is 0 Å². The molecule has 2 nitrogen and oxygen atoms in total. The van der Waals surface area contributed by atoms with Gasteiger partial charge in [0.05, 0.1) is 11.4 Å². The molecule has 2 aromatic heterocycles. The fraction of sp³-hybridized carbons (Fsp3) is 0. The maximum absolute atomic E-state index is 6.61. The first-order chi connectivity index (χ1) is 26.3. The minimum absolute atomic E-state index is 0.901. The Morgan fingerprint density at radius 2 is 1.08 bits per heavy atom. The van der Waals surface area contributed by atoms with E-state index < -0.39 is 0 Å². The molecule has 0 saturated carbocycles. The summed E-state index contributed by atoms with van der Waals surface area (Å²) < 4.78 is 9.17. The number of benzene rings is 9. The molecule has 0 unspecified atom stereocenters. The SMILES string of the molecule is c1ccc(-c2cc(N(c3cc4ccccc4c4ccccc34)c3cccc4sc5ccccc5c34)ccc2-c2cccc3c2oc2ccccc23)cc1. The standard InChI is InChI=1S/C50H31NOS/c1-2-14-32(15-3-1)43-31-34(28-29-37(43)40-22-12-23-41-39-20-8-10-25-46(39)52-50(40)41)51(44-24-13-27-48-49(44)42-21-9-11-26-47(42)53-48)45-30-33-16-4-5-17-35(33)36-18-6-7-19-38(36)45/h1-31H. The van der Waals surface area contributed by atoms with Gasteiger partial charge in [0.15, 0.2) is 0 Å². The Bertz CT molecular complexity index is 3190. The zero-order valence-electron chi connectivity index (χ0n) is 28.7. The van der Waals surface area contributed by atoms with Crippen LogP contribution in [0.3, 0.4) is 0 Å². The van der Waals surface area contributed by atoms with Crippen molar-refractivity contribution in [3.05, 3.63) is 188 Å². The fourth-order valence-electron chi connectivity index (χ4n) is 8.29. The van der Waals surface area contributed by atoms with E-state index >= 15 is 0 Å². The summed E-state index contributed by atoms with van der Waals surface area (Å²) in [6.07, 6.45) is 0. The first-order valence-electron chi connectivity index (χ1n) is 18.0. The molecule has 3 heteroatoms. The lowest BCUT2D eigenvalue weighted by atomic mass is 9.92. The Kier molecular flexibility index (Phi) is 6.76. The number of rotatable bonds is 5.